The second kappa shape index (κ2) is 8.83. The molecule has 6 nitrogen and oxygen atoms in total. The molecular formula is C23H17BrClN3O3. The van der Waals surface area contributed by atoms with Crippen molar-refractivity contribution in [1.82, 2.24) is 0 Å². The van der Waals surface area contributed by atoms with Gasteiger partial charge < -0.3 is 14.8 Å². The predicted molar refractivity (Wildman–Crippen MR) is 125 cm³/mol. The monoisotopic (exact) mass is 497 g/mol. The van der Waals surface area contributed by atoms with E-state index in [0.717, 1.165) is 9.86 Å². The highest BCUT2D eigenvalue weighted by atomic mass is 79.9. The Morgan fingerprint density at radius 2 is 1.77 bits per heavy atom. The van der Waals surface area contributed by atoms with E-state index in [4.69, 9.17) is 16.0 Å². The molecule has 0 saturated heterocycles. The van der Waals surface area contributed by atoms with Gasteiger partial charge in [0.25, 0.3) is 5.91 Å². The van der Waals surface area contributed by atoms with Gasteiger partial charge in [-0.25, -0.2) is 0 Å². The van der Waals surface area contributed by atoms with Crippen molar-refractivity contribution in [3.63, 3.8) is 0 Å². The average Bonchev–Trinajstić information content (AvgIpc) is 2.75. The molecule has 4 rings (SSSR count). The number of hydrogen-bond donors (Lipinski definition) is 3. The maximum Gasteiger partial charge on any atom is 0.261 e. The highest BCUT2D eigenvalue weighted by Crippen LogP contribution is 2.23. The first-order valence-corrected chi connectivity index (χ1v) is 10.5. The molecule has 0 aliphatic heterocycles. The molecule has 0 atom stereocenters. The molecule has 0 aliphatic carbocycles. The van der Waals surface area contributed by atoms with E-state index in [1.54, 1.807) is 55.5 Å². The van der Waals surface area contributed by atoms with Crippen molar-refractivity contribution in [3.05, 3.63) is 92.9 Å². The quantitative estimate of drug-likeness (QED) is 0.299. The fourth-order valence-corrected chi connectivity index (χ4v) is 3.38. The summed E-state index contributed by atoms with van der Waals surface area (Å²) >= 11 is 9.35. The molecule has 31 heavy (non-hydrogen) atoms. The fraction of sp³-hybridized carbons (Fsp3) is 0.0435. The number of fused-ring (bicyclic) bond motifs is 1. The van der Waals surface area contributed by atoms with Crippen molar-refractivity contribution in [2.24, 2.45) is 5.10 Å². The zero-order valence-corrected chi connectivity index (χ0v) is 18.7. The Morgan fingerprint density at radius 1 is 1.03 bits per heavy atom. The van der Waals surface area contributed by atoms with Gasteiger partial charge in [0, 0.05) is 26.6 Å². The molecule has 0 fully saturated rings. The van der Waals surface area contributed by atoms with Gasteiger partial charge in [0.05, 0.1) is 5.69 Å². The van der Waals surface area contributed by atoms with E-state index in [1.807, 2.05) is 12.1 Å². The molecule has 1 aromatic heterocycles. The van der Waals surface area contributed by atoms with Crippen LogP contribution in [-0.2, 0) is 0 Å². The van der Waals surface area contributed by atoms with Gasteiger partial charge in [-0.15, -0.1) is 5.10 Å². The lowest BCUT2D eigenvalue weighted by Crippen LogP contribution is -2.22. The van der Waals surface area contributed by atoms with Gasteiger partial charge in [0.1, 0.15) is 16.9 Å². The van der Waals surface area contributed by atoms with E-state index in [-0.39, 0.29) is 16.9 Å². The first-order chi connectivity index (χ1) is 14.9. The zero-order valence-electron chi connectivity index (χ0n) is 16.3. The minimum Gasteiger partial charge on any atom is -0.508 e. The summed E-state index contributed by atoms with van der Waals surface area (Å²) in [5.74, 6) is -0.329. The lowest BCUT2D eigenvalue weighted by atomic mass is 10.1. The van der Waals surface area contributed by atoms with Crippen molar-refractivity contribution in [3.8, 4) is 5.75 Å². The predicted octanol–water partition coefficient (Wildman–Crippen LogP) is 6.04. The Balaban J connectivity index is 1.75. The number of amides is 1. The van der Waals surface area contributed by atoms with E-state index in [9.17, 15) is 9.90 Å². The lowest BCUT2D eigenvalue weighted by Gasteiger charge is -2.09. The molecule has 3 aromatic carbocycles. The Morgan fingerprint density at radius 3 is 2.52 bits per heavy atom. The van der Waals surface area contributed by atoms with Crippen molar-refractivity contribution in [2.75, 3.05) is 10.7 Å². The highest BCUT2D eigenvalue weighted by Gasteiger charge is 2.14. The van der Waals surface area contributed by atoms with Crippen molar-refractivity contribution < 1.29 is 14.3 Å². The molecule has 1 heterocycles. The minimum absolute atomic E-state index is 0.0965. The number of carbonyl (C=O) groups is 1. The number of aryl methyl sites for hydroxylation is 1. The van der Waals surface area contributed by atoms with Crippen LogP contribution in [0.4, 0.5) is 11.4 Å². The van der Waals surface area contributed by atoms with E-state index in [2.05, 4.69) is 31.8 Å². The SMILES string of the molecule is Cc1ccc(NC(=O)c2cc3cc(Br)ccc3oc2=NNc2ccc(Cl)cc2)cc1O. The third-order valence-electron chi connectivity index (χ3n) is 4.55. The van der Waals surface area contributed by atoms with Crippen LogP contribution in [-0.4, -0.2) is 11.0 Å². The fourth-order valence-electron chi connectivity index (χ4n) is 2.87. The normalized spacial score (nSPS) is 11.5. The highest BCUT2D eigenvalue weighted by molar-refractivity contribution is 9.10. The van der Waals surface area contributed by atoms with Crippen molar-refractivity contribution >= 4 is 55.8 Å². The molecule has 0 aliphatic rings. The summed E-state index contributed by atoms with van der Waals surface area (Å²) < 4.78 is 6.76. The molecule has 4 aromatic rings. The van der Waals surface area contributed by atoms with Gasteiger partial charge in [0.2, 0.25) is 5.55 Å². The van der Waals surface area contributed by atoms with Crippen LogP contribution in [0.25, 0.3) is 11.0 Å². The molecular weight excluding hydrogens is 482 g/mol. The first kappa shape index (κ1) is 21.0. The number of aromatic hydroxyl groups is 1. The van der Waals surface area contributed by atoms with Gasteiger partial charge in [0.15, 0.2) is 0 Å². The number of benzene rings is 3. The van der Waals surface area contributed by atoms with E-state index < -0.39 is 5.91 Å². The van der Waals surface area contributed by atoms with Crippen molar-refractivity contribution in [2.45, 2.75) is 6.92 Å². The standard InChI is InChI=1S/C23H17BrClN3O3/c1-13-2-6-18(12-20(13)29)26-22(30)19-11-14-10-15(24)3-9-21(14)31-23(19)28-27-17-7-4-16(25)5-8-17/h2-12,27,29H,1H3,(H,26,30). The number of halogens is 2. The van der Waals surface area contributed by atoms with Crippen LogP contribution in [0.3, 0.4) is 0 Å². The summed E-state index contributed by atoms with van der Waals surface area (Å²) in [6.07, 6.45) is 0. The number of rotatable bonds is 4. The van der Waals surface area contributed by atoms with Gasteiger partial charge >= 0.3 is 0 Å². The number of anilines is 2. The molecule has 3 N–H and O–H groups in total. The third kappa shape index (κ3) is 4.90. The Labute approximate surface area is 191 Å². The van der Waals surface area contributed by atoms with Crippen molar-refractivity contribution in [1.29, 1.82) is 0 Å². The molecule has 8 heteroatoms. The van der Waals surface area contributed by atoms with Gasteiger partial charge in [-0.2, -0.15) is 0 Å². The number of nitrogens with zero attached hydrogens (tertiary/aromatic N) is 1. The Kier molecular flexibility index (Phi) is 5.97. The van der Waals surface area contributed by atoms with Crippen LogP contribution in [0.1, 0.15) is 15.9 Å². The summed E-state index contributed by atoms with van der Waals surface area (Å²) in [6.45, 7) is 1.78. The lowest BCUT2D eigenvalue weighted by molar-refractivity contribution is 0.102. The smallest absolute Gasteiger partial charge is 0.261 e. The van der Waals surface area contributed by atoms with Crippen LogP contribution < -0.4 is 16.3 Å². The van der Waals surface area contributed by atoms with Crippen LogP contribution in [0.5, 0.6) is 5.75 Å². The second-order valence-corrected chi connectivity index (χ2v) is 8.19. The summed E-state index contributed by atoms with van der Waals surface area (Å²) in [5.41, 5.74) is 5.65. The van der Waals surface area contributed by atoms with Gasteiger partial charge in [-0.05, 0) is 67.1 Å². The summed E-state index contributed by atoms with van der Waals surface area (Å²) in [6, 6.07) is 19.1. The zero-order chi connectivity index (χ0) is 22.0. The number of phenols is 1. The molecule has 0 saturated carbocycles. The van der Waals surface area contributed by atoms with Gasteiger partial charge in [-0.1, -0.05) is 33.6 Å². The van der Waals surface area contributed by atoms with E-state index in [1.165, 1.54) is 6.07 Å². The minimum atomic E-state index is -0.425. The maximum absolute atomic E-state index is 13.0. The molecule has 0 bridgehead atoms. The maximum atomic E-state index is 13.0. The van der Waals surface area contributed by atoms with Crippen LogP contribution >= 0.6 is 27.5 Å². The van der Waals surface area contributed by atoms with Crippen LogP contribution in [0, 0.1) is 6.92 Å². The van der Waals surface area contributed by atoms with E-state index in [0.29, 0.717) is 27.5 Å². The molecule has 1 amide bonds. The Bertz CT molecular complexity index is 1350. The second-order valence-electron chi connectivity index (χ2n) is 6.83. The summed E-state index contributed by atoms with van der Waals surface area (Å²) in [7, 11) is 0. The number of phenolic OH excluding ortho intramolecular Hbond substituents is 1. The van der Waals surface area contributed by atoms with Crippen LogP contribution in [0.2, 0.25) is 5.02 Å². The first-order valence-electron chi connectivity index (χ1n) is 9.29. The topological polar surface area (TPSA) is 86.9 Å². The number of nitrogens with one attached hydrogen (secondary N) is 2. The molecule has 0 unspecified atom stereocenters. The summed E-state index contributed by atoms with van der Waals surface area (Å²) in [4.78, 5) is 13.0. The number of hydrogen-bond acceptors (Lipinski definition) is 5. The third-order valence-corrected chi connectivity index (χ3v) is 5.30. The van der Waals surface area contributed by atoms with Gasteiger partial charge in [-0.3, -0.25) is 10.2 Å². The average molecular weight is 499 g/mol. The molecule has 0 spiro atoms. The molecule has 156 valence electrons. The van der Waals surface area contributed by atoms with E-state index >= 15 is 0 Å². The Hall–Kier alpha value is -3.29. The van der Waals surface area contributed by atoms with Crippen LogP contribution in [0.15, 0.2) is 80.7 Å². The summed E-state index contributed by atoms with van der Waals surface area (Å²) in [5, 5.41) is 18.3. The number of carbonyl (C=O) groups excluding carboxylic acids is 1. The molecule has 0 radical (unpaired) electrons. The largest absolute Gasteiger partial charge is 0.508 e.